The lowest BCUT2D eigenvalue weighted by Gasteiger charge is -2.47. The van der Waals surface area contributed by atoms with E-state index in [0.717, 1.165) is 43.9 Å². The maximum atomic E-state index is 13.0. The number of aromatic nitrogens is 3. The number of amides is 1. The number of morpholine rings is 1. The van der Waals surface area contributed by atoms with Crippen LogP contribution in [0.25, 0.3) is 11.3 Å². The SMILES string of the molecule is O=C([C@H]1C[NH+]2CC[C@H]1C[C@@H]2Cn1cc(-c2ccccc2)nn1)N1CCOCC1. The van der Waals surface area contributed by atoms with Crippen molar-refractivity contribution in [2.24, 2.45) is 11.8 Å². The highest BCUT2D eigenvalue weighted by Crippen LogP contribution is 2.29. The molecule has 1 unspecified atom stereocenters. The molecule has 4 atom stereocenters. The first-order valence-corrected chi connectivity index (χ1v) is 10.4. The molecule has 1 amide bonds. The van der Waals surface area contributed by atoms with Crippen LogP contribution < -0.4 is 4.90 Å². The van der Waals surface area contributed by atoms with E-state index in [1.165, 1.54) is 13.0 Å². The van der Waals surface area contributed by atoms with E-state index in [1.54, 1.807) is 4.90 Å². The van der Waals surface area contributed by atoms with Crippen LogP contribution in [0.15, 0.2) is 36.5 Å². The lowest BCUT2D eigenvalue weighted by atomic mass is 9.75. The molecule has 0 aliphatic carbocycles. The predicted octanol–water partition coefficient (Wildman–Crippen LogP) is 0.0972. The molecule has 0 spiro atoms. The number of benzene rings is 1. The van der Waals surface area contributed by atoms with E-state index in [0.29, 0.717) is 31.1 Å². The topological polar surface area (TPSA) is 64.7 Å². The molecule has 2 aromatic rings. The second-order valence-corrected chi connectivity index (χ2v) is 8.33. The van der Waals surface area contributed by atoms with Crippen molar-refractivity contribution in [3.05, 3.63) is 36.5 Å². The third kappa shape index (κ3) is 3.44. The third-order valence-corrected chi connectivity index (χ3v) is 6.71. The molecule has 4 aliphatic rings. The molecular weight excluding hydrogens is 354 g/mol. The zero-order valence-electron chi connectivity index (χ0n) is 16.2. The van der Waals surface area contributed by atoms with Crippen LogP contribution >= 0.6 is 0 Å². The van der Waals surface area contributed by atoms with Crippen molar-refractivity contribution in [2.45, 2.75) is 25.4 Å². The number of carbonyl (C=O) groups excluding carboxylic acids is 1. The molecule has 4 saturated heterocycles. The van der Waals surface area contributed by atoms with Gasteiger partial charge in [-0.2, -0.15) is 0 Å². The fourth-order valence-corrected chi connectivity index (χ4v) is 5.17. The number of rotatable bonds is 4. The fourth-order valence-electron chi connectivity index (χ4n) is 5.17. The maximum Gasteiger partial charge on any atom is 0.231 e. The Kier molecular flexibility index (Phi) is 4.86. The first kappa shape index (κ1) is 17.8. The molecule has 28 heavy (non-hydrogen) atoms. The molecule has 6 rings (SSSR count). The first-order valence-electron chi connectivity index (χ1n) is 10.4. The van der Waals surface area contributed by atoms with Gasteiger partial charge in [0.25, 0.3) is 0 Å². The van der Waals surface area contributed by atoms with E-state index in [4.69, 9.17) is 4.74 Å². The van der Waals surface area contributed by atoms with Gasteiger partial charge in [-0.05, 0) is 5.92 Å². The molecule has 4 aliphatic heterocycles. The molecule has 4 fully saturated rings. The third-order valence-electron chi connectivity index (χ3n) is 6.71. The van der Waals surface area contributed by atoms with Gasteiger partial charge in [0.1, 0.15) is 11.7 Å². The van der Waals surface area contributed by atoms with E-state index in [1.807, 2.05) is 27.8 Å². The van der Waals surface area contributed by atoms with Crippen molar-refractivity contribution in [1.82, 2.24) is 19.9 Å². The lowest BCUT2D eigenvalue weighted by molar-refractivity contribution is -0.945. The number of ether oxygens (including phenoxy) is 1. The van der Waals surface area contributed by atoms with Crippen LogP contribution in [0, 0.1) is 11.8 Å². The van der Waals surface area contributed by atoms with Crippen molar-refractivity contribution < 1.29 is 14.4 Å². The Morgan fingerprint density at radius 3 is 2.79 bits per heavy atom. The second kappa shape index (κ2) is 7.64. The summed E-state index contributed by atoms with van der Waals surface area (Å²) in [6, 6.07) is 10.7. The summed E-state index contributed by atoms with van der Waals surface area (Å²) in [5.41, 5.74) is 2.02. The monoisotopic (exact) mass is 382 g/mol. The Morgan fingerprint density at radius 2 is 2.04 bits per heavy atom. The normalized spacial score (nSPS) is 29.8. The van der Waals surface area contributed by atoms with Gasteiger partial charge < -0.3 is 14.5 Å². The van der Waals surface area contributed by atoms with Crippen molar-refractivity contribution in [3.63, 3.8) is 0 Å². The van der Waals surface area contributed by atoms with Gasteiger partial charge in [0.2, 0.25) is 5.91 Å². The van der Waals surface area contributed by atoms with Crippen molar-refractivity contribution >= 4 is 5.91 Å². The molecule has 5 heterocycles. The number of carbonyl (C=O) groups is 1. The highest BCUT2D eigenvalue weighted by Gasteiger charge is 2.47. The number of quaternary nitrogens is 1. The van der Waals surface area contributed by atoms with Crippen LogP contribution in [0.5, 0.6) is 0 Å². The minimum absolute atomic E-state index is 0.189. The number of nitrogens with zero attached hydrogens (tertiary/aromatic N) is 4. The number of piperidine rings is 3. The summed E-state index contributed by atoms with van der Waals surface area (Å²) in [4.78, 5) is 16.6. The Labute approximate surface area is 165 Å². The second-order valence-electron chi connectivity index (χ2n) is 8.33. The lowest BCUT2D eigenvalue weighted by Crippen LogP contribution is -3.20. The summed E-state index contributed by atoms with van der Waals surface area (Å²) in [5, 5.41) is 8.71. The van der Waals surface area contributed by atoms with Gasteiger partial charge in [-0.25, -0.2) is 4.68 Å². The van der Waals surface area contributed by atoms with Gasteiger partial charge in [0, 0.05) is 31.5 Å². The van der Waals surface area contributed by atoms with Gasteiger partial charge in [-0.1, -0.05) is 35.5 Å². The highest BCUT2D eigenvalue weighted by molar-refractivity contribution is 5.79. The molecule has 1 aromatic carbocycles. The maximum absolute atomic E-state index is 13.0. The van der Waals surface area contributed by atoms with Crippen LogP contribution in [0.3, 0.4) is 0 Å². The average Bonchev–Trinajstić information content (AvgIpc) is 3.23. The van der Waals surface area contributed by atoms with E-state index < -0.39 is 0 Å². The van der Waals surface area contributed by atoms with Gasteiger partial charge in [0.15, 0.2) is 0 Å². The van der Waals surface area contributed by atoms with Gasteiger partial charge >= 0.3 is 0 Å². The minimum Gasteiger partial charge on any atom is -0.378 e. The zero-order chi connectivity index (χ0) is 18.9. The van der Waals surface area contributed by atoms with Crippen LogP contribution in [-0.4, -0.2) is 71.2 Å². The van der Waals surface area contributed by atoms with Gasteiger partial charge in [-0.15, -0.1) is 5.10 Å². The summed E-state index contributed by atoms with van der Waals surface area (Å²) in [5.74, 6) is 1.06. The Balaban J connectivity index is 1.23. The summed E-state index contributed by atoms with van der Waals surface area (Å²) in [7, 11) is 0. The van der Waals surface area contributed by atoms with Crippen molar-refractivity contribution in [2.75, 3.05) is 39.4 Å². The van der Waals surface area contributed by atoms with Crippen LogP contribution in [-0.2, 0) is 16.1 Å². The average molecular weight is 382 g/mol. The van der Waals surface area contributed by atoms with E-state index >= 15 is 0 Å². The summed E-state index contributed by atoms with van der Waals surface area (Å²) in [6.07, 6.45) is 4.32. The number of nitrogens with one attached hydrogen (secondary N) is 1. The largest absolute Gasteiger partial charge is 0.378 e. The standard InChI is InChI=1S/C21H27N5O2/c27-21(24-8-10-28-11-9-24)19-14-25-7-6-17(19)12-18(25)13-26-15-20(22-23-26)16-4-2-1-3-5-16/h1-5,15,17-19H,6-14H2/p+1/t17-,18+,19-/m0/s1. The predicted molar refractivity (Wildman–Crippen MR) is 104 cm³/mol. The zero-order valence-corrected chi connectivity index (χ0v) is 16.2. The molecule has 0 radical (unpaired) electrons. The summed E-state index contributed by atoms with van der Waals surface area (Å²) < 4.78 is 7.39. The number of hydrogen-bond donors (Lipinski definition) is 1. The quantitative estimate of drug-likeness (QED) is 0.815. The Hall–Kier alpha value is -2.25. The first-order chi connectivity index (χ1) is 13.8. The molecule has 7 nitrogen and oxygen atoms in total. The van der Waals surface area contributed by atoms with Crippen LogP contribution in [0.4, 0.5) is 0 Å². The molecule has 0 saturated carbocycles. The summed E-state index contributed by atoms with van der Waals surface area (Å²) >= 11 is 0. The van der Waals surface area contributed by atoms with Gasteiger partial charge in [0.05, 0.1) is 45.0 Å². The Bertz CT molecular complexity index is 817. The molecule has 7 heteroatoms. The van der Waals surface area contributed by atoms with E-state index in [9.17, 15) is 4.79 Å². The van der Waals surface area contributed by atoms with E-state index in [-0.39, 0.29) is 5.92 Å². The molecular formula is C21H28N5O2+. The molecule has 1 aromatic heterocycles. The van der Waals surface area contributed by atoms with Crippen LogP contribution in [0.1, 0.15) is 12.8 Å². The molecule has 2 bridgehead atoms. The van der Waals surface area contributed by atoms with Gasteiger partial charge in [-0.3, -0.25) is 4.79 Å². The molecule has 1 N–H and O–H groups in total. The van der Waals surface area contributed by atoms with Crippen molar-refractivity contribution in [1.29, 1.82) is 0 Å². The highest BCUT2D eigenvalue weighted by atomic mass is 16.5. The number of hydrogen-bond acceptors (Lipinski definition) is 4. The van der Waals surface area contributed by atoms with E-state index in [2.05, 4.69) is 28.6 Å². The molecule has 148 valence electrons. The Morgan fingerprint density at radius 1 is 1.21 bits per heavy atom. The van der Waals surface area contributed by atoms with Crippen LogP contribution in [0.2, 0.25) is 0 Å². The van der Waals surface area contributed by atoms with Crippen molar-refractivity contribution in [3.8, 4) is 11.3 Å². The number of fused-ring (bicyclic) bond motifs is 3. The summed E-state index contributed by atoms with van der Waals surface area (Å²) in [6.45, 7) is 5.87. The smallest absolute Gasteiger partial charge is 0.231 e. The minimum atomic E-state index is 0.189. The fraction of sp³-hybridized carbons (Fsp3) is 0.571.